The van der Waals surface area contributed by atoms with Gasteiger partial charge in [-0.2, -0.15) is 4.31 Å². The van der Waals surface area contributed by atoms with Gasteiger partial charge >= 0.3 is 0 Å². The Morgan fingerprint density at radius 1 is 1.45 bits per heavy atom. The summed E-state index contributed by atoms with van der Waals surface area (Å²) in [4.78, 5) is 4.12. The number of halogens is 1. The highest BCUT2D eigenvalue weighted by Crippen LogP contribution is 2.29. The maximum absolute atomic E-state index is 12.7. The van der Waals surface area contributed by atoms with Crippen LogP contribution in [0.2, 0.25) is 5.02 Å². The molecule has 0 radical (unpaired) electrons. The average molecular weight is 349 g/mol. The van der Waals surface area contributed by atoms with Crippen LogP contribution in [0.1, 0.15) is 18.5 Å². The number of rotatable bonds is 6. The quantitative estimate of drug-likeness (QED) is 0.787. The summed E-state index contributed by atoms with van der Waals surface area (Å²) in [5.74, 6) is 0.327. The summed E-state index contributed by atoms with van der Waals surface area (Å²) in [5.41, 5.74) is 0.509. The molecule has 1 fully saturated rings. The van der Waals surface area contributed by atoms with Crippen LogP contribution >= 0.6 is 11.6 Å². The molecule has 0 saturated carbocycles. The third-order valence-electron chi connectivity index (χ3n) is 3.81. The van der Waals surface area contributed by atoms with Crippen molar-refractivity contribution in [3.05, 3.63) is 23.0 Å². The topological polar surface area (TPSA) is 79.7 Å². The van der Waals surface area contributed by atoms with Gasteiger partial charge in [-0.3, -0.25) is 4.98 Å². The number of pyridine rings is 1. The lowest BCUT2D eigenvalue weighted by molar-refractivity contribution is 0.0544. The Bertz CT molecular complexity index is 601. The third kappa shape index (κ3) is 3.97. The molecular weight excluding hydrogens is 328 g/mol. The van der Waals surface area contributed by atoms with Crippen molar-refractivity contribution in [1.82, 2.24) is 9.29 Å². The molecule has 6 nitrogen and oxygen atoms in total. The molecule has 2 heterocycles. The Balaban J connectivity index is 2.02. The molecule has 1 aromatic rings. The molecule has 1 aliphatic rings. The molecule has 22 heavy (non-hydrogen) atoms. The highest BCUT2D eigenvalue weighted by molar-refractivity contribution is 7.89. The maximum atomic E-state index is 12.7. The summed E-state index contributed by atoms with van der Waals surface area (Å²) in [5, 5.41) is 8.88. The first-order chi connectivity index (χ1) is 10.5. The van der Waals surface area contributed by atoms with E-state index < -0.39 is 10.0 Å². The maximum Gasteiger partial charge on any atom is 0.244 e. The molecule has 2 rings (SSSR count). The van der Waals surface area contributed by atoms with E-state index in [1.165, 1.54) is 16.6 Å². The zero-order valence-electron chi connectivity index (χ0n) is 12.5. The molecule has 0 unspecified atom stereocenters. The van der Waals surface area contributed by atoms with E-state index in [0.717, 1.165) is 12.8 Å². The Labute approximate surface area is 136 Å². The van der Waals surface area contributed by atoms with Gasteiger partial charge in [0.15, 0.2) is 0 Å². The van der Waals surface area contributed by atoms with Gasteiger partial charge in [0.25, 0.3) is 0 Å². The standard InChI is InChI=1S/C14H21ClN2O4S/c1-11-14(15)13(2-5-16-11)22(19,20)17-6-3-12(4-7-17)10-21-9-8-18/h2,5,12,18H,3-4,6-10H2,1H3. The van der Waals surface area contributed by atoms with Crippen molar-refractivity contribution in [2.24, 2.45) is 5.92 Å². The minimum Gasteiger partial charge on any atom is -0.394 e. The van der Waals surface area contributed by atoms with E-state index in [4.69, 9.17) is 21.4 Å². The predicted octanol–water partition coefficient (Wildman–Crippen LogP) is 1.45. The van der Waals surface area contributed by atoms with Crippen LogP contribution in [0.15, 0.2) is 17.2 Å². The van der Waals surface area contributed by atoms with E-state index in [0.29, 0.717) is 37.9 Å². The van der Waals surface area contributed by atoms with Crippen molar-refractivity contribution in [3.63, 3.8) is 0 Å². The molecule has 1 saturated heterocycles. The third-order valence-corrected chi connectivity index (χ3v) is 6.34. The van der Waals surface area contributed by atoms with Gasteiger partial charge in [-0.15, -0.1) is 0 Å². The minimum absolute atomic E-state index is 0.00706. The van der Waals surface area contributed by atoms with Crippen molar-refractivity contribution in [2.75, 3.05) is 32.9 Å². The van der Waals surface area contributed by atoms with Gasteiger partial charge in [-0.05, 0) is 31.7 Å². The molecule has 1 N–H and O–H groups in total. The normalized spacial score (nSPS) is 17.8. The summed E-state index contributed by atoms with van der Waals surface area (Å²) in [6.07, 6.45) is 2.95. The van der Waals surface area contributed by atoms with Crippen LogP contribution in [0.5, 0.6) is 0 Å². The number of aliphatic hydroxyl groups excluding tert-OH is 1. The van der Waals surface area contributed by atoms with E-state index in [9.17, 15) is 8.42 Å². The van der Waals surface area contributed by atoms with Gasteiger partial charge in [0.2, 0.25) is 10.0 Å². The van der Waals surface area contributed by atoms with Crippen LogP contribution < -0.4 is 0 Å². The minimum atomic E-state index is -3.58. The molecule has 0 bridgehead atoms. The van der Waals surface area contributed by atoms with Gasteiger partial charge in [-0.1, -0.05) is 11.6 Å². The van der Waals surface area contributed by atoms with E-state index in [1.54, 1.807) is 6.92 Å². The van der Waals surface area contributed by atoms with Crippen molar-refractivity contribution >= 4 is 21.6 Å². The van der Waals surface area contributed by atoms with Crippen molar-refractivity contribution < 1.29 is 18.3 Å². The molecular formula is C14H21ClN2O4S. The number of piperidine rings is 1. The fourth-order valence-corrected chi connectivity index (χ4v) is 4.48. The van der Waals surface area contributed by atoms with E-state index in [2.05, 4.69) is 4.98 Å². The Hall–Kier alpha value is -0.730. The SMILES string of the molecule is Cc1nccc(S(=O)(=O)N2CCC(COCCO)CC2)c1Cl. The van der Waals surface area contributed by atoms with Crippen LogP contribution in [0.25, 0.3) is 0 Å². The number of hydrogen-bond donors (Lipinski definition) is 1. The van der Waals surface area contributed by atoms with E-state index in [-0.39, 0.29) is 16.5 Å². The number of aliphatic hydroxyl groups is 1. The van der Waals surface area contributed by atoms with Crippen molar-refractivity contribution in [3.8, 4) is 0 Å². The van der Waals surface area contributed by atoms with Gasteiger partial charge in [0, 0.05) is 25.9 Å². The summed E-state index contributed by atoms with van der Waals surface area (Å²) in [7, 11) is -3.58. The van der Waals surface area contributed by atoms with Gasteiger partial charge in [0.1, 0.15) is 4.90 Å². The van der Waals surface area contributed by atoms with Crippen molar-refractivity contribution in [1.29, 1.82) is 0 Å². The predicted molar refractivity (Wildman–Crippen MR) is 83.4 cm³/mol. The summed E-state index contributed by atoms with van der Waals surface area (Å²) in [6.45, 7) is 3.48. The monoisotopic (exact) mass is 348 g/mol. The largest absolute Gasteiger partial charge is 0.394 e. The zero-order chi connectivity index (χ0) is 16.2. The summed E-state index contributed by atoms with van der Waals surface area (Å²) in [6, 6.07) is 1.45. The molecule has 8 heteroatoms. The van der Waals surface area contributed by atoms with Gasteiger partial charge in [0.05, 0.1) is 23.9 Å². The molecule has 0 amide bonds. The fraction of sp³-hybridized carbons (Fsp3) is 0.643. The molecule has 0 aromatic carbocycles. The molecule has 0 spiro atoms. The highest BCUT2D eigenvalue weighted by atomic mass is 35.5. The first kappa shape index (κ1) is 17.6. The lowest BCUT2D eigenvalue weighted by atomic mass is 9.99. The molecule has 1 aromatic heterocycles. The highest BCUT2D eigenvalue weighted by Gasteiger charge is 2.31. The Morgan fingerprint density at radius 3 is 2.77 bits per heavy atom. The van der Waals surface area contributed by atoms with Crippen LogP contribution in [-0.2, 0) is 14.8 Å². The molecule has 0 atom stereocenters. The average Bonchev–Trinajstić information content (AvgIpc) is 2.50. The first-order valence-corrected chi connectivity index (χ1v) is 9.08. The van der Waals surface area contributed by atoms with Crippen LogP contribution in [0, 0.1) is 12.8 Å². The van der Waals surface area contributed by atoms with E-state index in [1.807, 2.05) is 0 Å². The summed E-state index contributed by atoms with van der Waals surface area (Å²) >= 11 is 6.10. The smallest absolute Gasteiger partial charge is 0.244 e. The van der Waals surface area contributed by atoms with Crippen LogP contribution in [0.4, 0.5) is 0 Å². The number of hydrogen-bond acceptors (Lipinski definition) is 5. The number of ether oxygens (including phenoxy) is 1. The number of nitrogens with zero attached hydrogens (tertiary/aromatic N) is 2. The molecule has 124 valence electrons. The number of sulfonamides is 1. The van der Waals surface area contributed by atoms with Crippen molar-refractivity contribution in [2.45, 2.75) is 24.7 Å². The van der Waals surface area contributed by atoms with Crippen LogP contribution in [-0.4, -0.2) is 55.7 Å². The first-order valence-electron chi connectivity index (χ1n) is 7.26. The second-order valence-corrected chi connectivity index (χ2v) is 7.64. The van der Waals surface area contributed by atoms with Gasteiger partial charge in [-0.25, -0.2) is 8.42 Å². The number of aromatic nitrogens is 1. The van der Waals surface area contributed by atoms with E-state index >= 15 is 0 Å². The summed E-state index contributed by atoms with van der Waals surface area (Å²) < 4.78 is 32.1. The van der Waals surface area contributed by atoms with Crippen LogP contribution in [0.3, 0.4) is 0 Å². The lowest BCUT2D eigenvalue weighted by Gasteiger charge is -2.31. The Kier molecular flexibility index (Phi) is 6.17. The lowest BCUT2D eigenvalue weighted by Crippen LogP contribution is -2.39. The fourth-order valence-electron chi connectivity index (χ4n) is 2.49. The van der Waals surface area contributed by atoms with Gasteiger partial charge < -0.3 is 9.84 Å². The zero-order valence-corrected chi connectivity index (χ0v) is 14.1. The second-order valence-electron chi connectivity index (χ2n) is 5.35. The number of aryl methyl sites for hydroxylation is 1. The Morgan fingerprint density at radius 2 is 2.14 bits per heavy atom. The second kappa shape index (κ2) is 7.70. The molecule has 1 aliphatic heterocycles. The molecule has 0 aliphatic carbocycles.